The number of hydrogen-bond donors (Lipinski definition) is 7. The Morgan fingerprint density at radius 1 is 0.914 bits per heavy atom. The molecule has 0 aromatic rings. The Balaban J connectivity index is 2.06. The molecule has 0 aliphatic carbocycles. The highest BCUT2D eigenvalue weighted by atomic mass is 16.7. The lowest BCUT2D eigenvalue weighted by Crippen LogP contribution is -2.64. The Hall–Kier alpha value is -1.95. The predicted molar refractivity (Wildman–Crippen MR) is 119 cm³/mol. The first-order valence-corrected chi connectivity index (χ1v) is 11.3. The lowest BCUT2D eigenvalue weighted by atomic mass is 9.97. The molecule has 1 heterocycles. The lowest BCUT2D eigenvalue weighted by Gasteiger charge is -2.42. The quantitative estimate of drug-likeness (QED) is 0.0685. The molecule has 3 amide bonds. The summed E-state index contributed by atoms with van der Waals surface area (Å²) in [4.78, 5) is 33.9. The average Bonchev–Trinajstić information content (AvgIpc) is 2.83. The van der Waals surface area contributed by atoms with Crippen LogP contribution in [-0.2, 0) is 38.1 Å². The highest BCUT2D eigenvalue weighted by Gasteiger charge is 2.45. The van der Waals surface area contributed by atoms with E-state index >= 15 is 0 Å². The monoisotopic (exact) mass is 510 g/mol. The molecule has 15 nitrogen and oxygen atoms in total. The maximum Gasteiger partial charge on any atom is 0.235 e. The summed E-state index contributed by atoms with van der Waals surface area (Å²) >= 11 is 0. The molecule has 5 atom stereocenters. The molecule has 1 rings (SSSR count). The summed E-state index contributed by atoms with van der Waals surface area (Å²) in [7, 11) is 0. The number of hydrogen-bond acceptors (Lipinski definition) is 12. The van der Waals surface area contributed by atoms with E-state index in [9.17, 15) is 29.7 Å². The number of aliphatic hydroxyl groups is 3. The predicted octanol–water partition coefficient (Wildman–Crippen LogP) is -4.46. The van der Waals surface area contributed by atoms with Crippen LogP contribution in [0.15, 0.2) is 0 Å². The van der Waals surface area contributed by atoms with Crippen LogP contribution in [0.2, 0.25) is 0 Å². The molecule has 1 saturated heterocycles. The number of amides is 3. The van der Waals surface area contributed by atoms with Gasteiger partial charge in [-0.3, -0.25) is 14.4 Å². The molecule has 2 unspecified atom stereocenters. The van der Waals surface area contributed by atoms with Crippen LogP contribution in [0.3, 0.4) is 0 Å². The number of carbonyl (C=O) groups excluding carboxylic acids is 3. The first kappa shape index (κ1) is 31.1. The summed E-state index contributed by atoms with van der Waals surface area (Å²) in [5, 5.41) is 37.0. The first-order valence-electron chi connectivity index (χ1n) is 11.3. The Kier molecular flexibility index (Phi) is 16.3. The maximum atomic E-state index is 11.6. The Labute approximate surface area is 203 Å². The van der Waals surface area contributed by atoms with Gasteiger partial charge in [0.1, 0.15) is 31.1 Å². The van der Waals surface area contributed by atoms with Gasteiger partial charge < -0.3 is 60.7 Å². The van der Waals surface area contributed by atoms with Crippen molar-refractivity contribution in [2.45, 2.75) is 44.0 Å². The minimum atomic E-state index is -1.38. The van der Waals surface area contributed by atoms with Crippen molar-refractivity contribution >= 4 is 17.7 Å². The zero-order valence-corrected chi connectivity index (χ0v) is 19.8. The van der Waals surface area contributed by atoms with Gasteiger partial charge in [-0.2, -0.15) is 0 Å². The maximum absolute atomic E-state index is 11.6. The molecule has 1 fully saturated rings. The van der Waals surface area contributed by atoms with Crippen molar-refractivity contribution < 1.29 is 53.4 Å². The minimum Gasteiger partial charge on any atom is -0.394 e. The summed E-state index contributed by atoms with van der Waals surface area (Å²) in [6, 6.07) is -1.01. The molecule has 0 radical (unpaired) electrons. The second kappa shape index (κ2) is 18.3. The first-order chi connectivity index (χ1) is 16.8. The topological polar surface area (TPSA) is 220 Å². The van der Waals surface area contributed by atoms with Crippen LogP contribution in [0.25, 0.3) is 0 Å². The van der Waals surface area contributed by atoms with E-state index in [2.05, 4.69) is 16.0 Å². The van der Waals surface area contributed by atoms with E-state index in [1.807, 2.05) is 0 Å². The zero-order chi connectivity index (χ0) is 26.1. The van der Waals surface area contributed by atoms with E-state index in [0.717, 1.165) is 0 Å². The fourth-order valence-corrected chi connectivity index (χ4v) is 2.95. The van der Waals surface area contributed by atoms with Crippen molar-refractivity contribution in [3.05, 3.63) is 0 Å². The summed E-state index contributed by atoms with van der Waals surface area (Å²) < 4.78 is 26.8. The Morgan fingerprint density at radius 2 is 1.60 bits per heavy atom. The smallest absolute Gasteiger partial charge is 0.235 e. The van der Waals surface area contributed by atoms with Gasteiger partial charge >= 0.3 is 0 Å². The molecule has 0 aromatic carbocycles. The van der Waals surface area contributed by atoms with E-state index in [4.69, 9.17) is 29.4 Å². The third-order valence-corrected chi connectivity index (χ3v) is 4.73. The molecular formula is C20H38N4O11. The molecule has 0 saturated carbocycles. The molecule has 0 aromatic heterocycles. The van der Waals surface area contributed by atoms with Crippen molar-refractivity contribution in [1.82, 2.24) is 16.0 Å². The second-order valence-corrected chi connectivity index (χ2v) is 7.49. The van der Waals surface area contributed by atoms with E-state index in [1.165, 1.54) is 6.92 Å². The van der Waals surface area contributed by atoms with Gasteiger partial charge in [0.15, 0.2) is 6.29 Å². The standard InChI is InChI=1S/C20H38N4O11/c1-13(26)24-17-19(30)18(29)14(11-25)35-20(17)34-9-8-32-7-6-31-5-3-22-15(27)2-4-33-12-23-16(28)10-21/h14,17-20,25,29-30H,2-12,21H2,1H3,(H,22,27)(H,23,28)(H,24,26)/t14?,17-,18-,19+,20?/m0/s1. The van der Waals surface area contributed by atoms with Crippen LogP contribution < -0.4 is 21.7 Å². The molecule has 1 aliphatic heterocycles. The van der Waals surface area contributed by atoms with Crippen LogP contribution >= 0.6 is 0 Å². The fourth-order valence-electron chi connectivity index (χ4n) is 2.95. The molecule has 204 valence electrons. The van der Waals surface area contributed by atoms with E-state index in [0.29, 0.717) is 6.54 Å². The number of ether oxygens (including phenoxy) is 5. The van der Waals surface area contributed by atoms with Crippen molar-refractivity contribution in [3.63, 3.8) is 0 Å². The van der Waals surface area contributed by atoms with Gasteiger partial charge in [-0.15, -0.1) is 0 Å². The number of nitrogens with one attached hydrogen (secondary N) is 3. The third-order valence-electron chi connectivity index (χ3n) is 4.73. The highest BCUT2D eigenvalue weighted by Crippen LogP contribution is 2.22. The molecule has 15 heteroatoms. The van der Waals surface area contributed by atoms with Crippen molar-refractivity contribution in [1.29, 1.82) is 0 Å². The number of rotatable bonds is 18. The zero-order valence-electron chi connectivity index (χ0n) is 19.8. The largest absolute Gasteiger partial charge is 0.394 e. The van der Waals surface area contributed by atoms with Gasteiger partial charge in [0, 0.05) is 13.5 Å². The Bertz CT molecular complexity index is 628. The van der Waals surface area contributed by atoms with Crippen molar-refractivity contribution in [2.75, 3.05) is 66.1 Å². The van der Waals surface area contributed by atoms with Crippen molar-refractivity contribution in [2.24, 2.45) is 5.73 Å². The van der Waals surface area contributed by atoms with Crippen LogP contribution in [0.4, 0.5) is 0 Å². The Morgan fingerprint density at radius 3 is 2.26 bits per heavy atom. The lowest BCUT2D eigenvalue weighted by molar-refractivity contribution is -0.272. The van der Waals surface area contributed by atoms with Gasteiger partial charge in [0.2, 0.25) is 17.7 Å². The van der Waals surface area contributed by atoms with Crippen molar-refractivity contribution in [3.8, 4) is 0 Å². The molecule has 8 N–H and O–H groups in total. The number of nitrogens with two attached hydrogens (primary N) is 1. The van der Waals surface area contributed by atoms with Gasteiger partial charge in [0.25, 0.3) is 0 Å². The van der Waals surface area contributed by atoms with Crippen LogP contribution in [0.1, 0.15) is 13.3 Å². The highest BCUT2D eigenvalue weighted by molar-refractivity contribution is 5.77. The van der Waals surface area contributed by atoms with Crippen LogP contribution in [-0.4, -0.2) is 130 Å². The van der Waals surface area contributed by atoms with E-state index in [1.54, 1.807) is 0 Å². The third kappa shape index (κ3) is 13.1. The second-order valence-electron chi connectivity index (χ2n) is 7.49. The summed E-state index contributed by atoms with van der Waals surface area (Å²) in [6.45, 7) is 2.14. The molecule has 35 heavy (non-hydrogen) atoms. The molecule has 0 bridgehead atoms. The van der Waals surface area contributed by atoms with Gasteiger partial charge in [-0.05, 0) is 0 Å². The summed E-state index contributed by atoms with van der Waals surface area (Å²) in [5.74, 6) is -0.989. The normalized spacial score (nSPS) is 24.1. The van der Waals surface area contributed by atoms with Gasteiger partial charge in [-0.1, -0.05) is 0 Å². The van der Waals surface area contributed by atoms with Crippen LogP contribution in [0.5, 0.6) is 0 Å². The van der Waals surface area contributed by atoms with E-state index < -0.39 is 43.2 Å². The fraction of sp³-hybridized carbons (Fsp3) is 0.850. The average molecular weight is 511 g/mol. The summed E-state index contributed by atoms with van der Waals surface area (Å²) in [5.41, 5.74) is 5.12. The van der Waals surface area contributed by atoms with Crippen LogP contribution in [0, 0.1) is 0 Å². The number of aliphatic hydroxyl groups excluding tert-OH is 3. The van der Waals surface area contributed by atoms with Gasteiger partial charge in [0.05, 0.1) is 59.2 Å². The minimum absolute atomic E-state index is 0.00468. The van der Waals surface area contributed by atoms with E-state index in [-0.39, 0.29) is 71.2 Å². The molecule has 1 aliphatic rings. The number of carbonyl (C=O) groups is 3. The SMILES string of the molecule is CC(=O)N[C@@H]1C(OCCOCCOCCNC(=O)CCOCNC(=O)CN)OC(CO)[C@H](O)[C@@H]1O. The molecular weight excluding hydrogens is 472 g/mol. The molecule has 0 spiro atoms. The summed E-state index contributed by atoms with van der Waals surface area (Å²) in [6.07, 6.45) is -4.73. The van der Waals surface area contributed by atoms with Gasteiger partial charge in [-0.25, -0.2) is 0 Å².